The van der Waals surface area contributed by atoms with E-state index in [-0.39, 0.29) is 10.9 Å². The lowest BCUT2D eigenvalue weighted by molar-refractivity contribution is -0.137. The Bertz CT molecular complexity index is 939. The number of nitrogens with zero attached hydrogens (tertiary/aromatic N) is 4. The molecular formula is C19H22F5N7O. The standard InChI is InChI=1S/C11H15FN4.C8H7F4N3O/c12-9-2-1-3-16(7-9)10-4-8(5-13)11(14)15-6-10;1-15(12)7(16)14-6-4-5(2-3-13-6)8(9,10)11/h4-6,9,13H,1-3,7H2,(H2,14,15);2-4H,1H3,(H,13,14,16). The van der Waals surface area contributed by atoms with Gasteiger partial charge in [0.2, 0.25) is 0 Å². The SMILES string of the molecule is CN(F)C(=O)Nc1cc(C(F)(F)F)ccn1.N=Cc1cc(N2CCCC(F)C2)cnc1N. The van der Waals surface area contributed by atoms with Crippen molar-refractivity contribution in [3.05, 3.63) is 41.7 Å². The highest BCUT2D eigenvalue weighted by Gasteiger charge is 2.31. The summed E-state index contributed by atoms with van der Waals surface area (Å²) in [6.07, 6.45) is -0.138. The maximum Gasteiger partial charge on any atom is 0.416 e. The summed E-state index contributed by atoms with van der Waals surface area (Å²) in [7, 11) is 0.808. The third kappa shape index (κ3) is 7.03. The van der Waals surface area contributed by atoms with Gasteiger partial charge in [0.15, 0.2) is 0 Å². The lowest BCUT2D eigenvalue weighted by atomic mass is 10.1. The lowest BCUT2D eigenvalue weighted by Crippen LogP contribution is -2.36. The molecule has 1 aliphatic heterocycles. The van der Waals surface area contributed by atoms with Gasteiger partial charge in [0.05, 0.1) is 17.4 Å². The van der Waals surface area contributed by atoms with Crippen LogP contribution >= 0.6 is 0 Å². The van der Waals surface area contributed by atoms with Gasteiger partial charge in [-0.15, -0.1) is 0 Å². The molecule has 3 rings (SSSR count). The van der Waals surface area contributed by atoms with Crippen LogP contribution in [0.3, 0.4) is 0 Å². The van der Waals surface area contributed by atoms with Crippen molar-refractivity contribution in [3.63, 3.8) is 0 Å². The third-order valence-electron chi connectivity index (χ3n) is 4.42. The van der Waals surface area contributed by atoms with Crippen molar-refractivity contribution < 1.29 is 26.8 Å². The molecule has 0 aromatic carbocycles. The van der Waals surface area contributed by atoms with Gasteiger partial charge in [-0.1, -0.05) is 4.48 Å². The van der Waals surface area contributed by atoms with Crippen molar-refractivity contribution in [1.29, 1.82) is 5.41 Å². The fourth-order valence-corrected chi connectivity index (χ4v) is 2.79. The van der Waals surface area contributed by atoms with Crippen LogP contribution in [0.25, 0.3) is 0 Å². The Balaban J connectivity index is 0.000000227. The minimum Gasteiger partial charge on any atom is -0.383 e. The van der Waals surface area contributed by atoms with Crippen LogP contribution in [0.5, 0.6) is 0 Å². The van der Waals surface area contributed by atoms with Crippen molar-refractivity contribution in [3.8, 4) is 0 Å². The number of carbonyl (C=O) groups is 1. The molecular weight excluding hydrogens is 437 g/mol. The van der Waals surface area contributed by atoms with E-state index in [2.05, 4.69) is 9.97 Å². The first-order valence-corrected chi connectivity index (χ1v) is 9.40. The minimum atomic E-state index is -4.54. The van der Waals surface area contributed by atoms with Crippen LogP contribution < -0.4 is 16.0 Å². The van der Waals surface area contributed by atoms with Crippen LogP contribution in [-0.2, 0) is 6.18 Å². The van der Waals surface area contributed by atoms with Gasteiger partial charge in [0, 0.05) is 38.1 Å². The van der Waals surface area contributed by atoms with E-state index in [1.807, 2.05) is 10.2 Å². The number of nitrogens with one attached hydrogen (secondary N) is 2. The number of nitrogens with two attached hydrogens (primary N) is 1. The molecule has 1 fully saturated rings. The van der Waals surface area contributed by atoms with Crippen LogP contribution in [0.2, 0.25) is 0 Å². The molecule has 4 N–H and O–H groups in total. The van der Waals surface area contributed by atoms with Crippen LogP contribution in [0.1, 0.15) is 24.0 Å². The molecule has 0 spiro atoms. The topological polar surface area (TPSA) is 111 Å². The number of anilines is 3. The minimum absolute atomic E-state index is 0.304. The van der Waals surface area contributed by atoms with Gasteiger partial charge in [0.1, 0.15) is 17.8 Å². The summed E-state index contributed by atoms with van der Waals surface area (Å²) in [4.78, 5) is 20.2. The Morgan fingerprint density at radius 1 is 1.38 bits per heavy atom. The number of hydrogen-bond acceptors (Lipinski definition) is 6. The molecule has 1 saturated heterocycles. The highest BCUT2D eigenvalue weighted by atomic mass is 19.4. The Hall–Kier alpha value is -3.51. The smallest absolute Gasteiger partial charge is 0.383 e. The lowest BCUT2D eigenvalue weighted by Gasteiger charge is -2.30. The molecule has 174 valence electrons. The maximum absolute atomic E-state index is 13.2. The highest BCUT2D eigenvalue weighted by molar-refractivity contribution is 5.87. The molecule has 3 heterocycles. The van der Waals surface area contributed by atoms with Crippen LogP contribution in [0.15, 0.2) is 30.6 Å². The summed E-state index contributed by atoms with van der Waals surface area (Å²) in [5.74, 6) is -0.0307. The number of alkyl halides is 4. The first-order chi connectivity index (χ1) is 15.0. The molecule has 13 heteroatoms. The van der Waals surface area contributed by atoms with Crippen molar-refractivity contribution in [2.45, 2.75) is 25.2 Å². The van der Waals surface area contributed by atoms with Gasteiger partial charge >= 0.3 is 12.2 Å². The summed E-state index contributed by atoms with van der Waals surface area (Å²) in [6.45, 7) is 1.24. The molecule has 8 nitrogen and oxygen atoms in total. The number of aromatic nitrogens is 2. The molecule has 2 aromatic heterocycles. The summed E-state index contributed by atoms with van der Waals surface area (Å²) in [6, 6.07) is 1.94. The number of hydrogen-bond donors (Lipinski definition) is 3. The van der Waals surface area contributed by atoms with Gasteiger partial charge in [-0.25, -0.2) is 19.2 Å². The number of halogens is 5. The zero-order valence-corrected chi connectivity index (χ0v) is 17.0. The molecule has 2 aromatic rings. The number of carbonyl (C=O) groups excluding carboxylic acids is 1. The van der Waals surface area contributed by atoms with Crippen LogP contribution in [0.4, 0.5) is 44.2 Å². The number of rotatable bonds is 3. The molecule has 0 bridgehead atoms. The van der Waals surface area contributed by atoms with E-state index >= 15 is 0 Å². The Kier molecular flexibility index (Phi) is 8.27. The average Bonchev–Trinajstić information content (AvgIpc) is 2.74. The summed E-state index contributed by atoms with van der Waals surface area (Å²) < 4.78 is 62.3. The van der Waals surface area contributed by atoms with E-state index in [4.69, 9.17) is 11.1 Å². The number of urea groups is 1. The first-order valence-electron chi connectivity index (χ1n) is 9.40. The molecule has 1 aliphatic rings. The molecule has 1 atom stereocenters. The van der Waals surface area contributed by atoms with E-state index in [1.54, 1.807) is 12.3 Å². The quantitative estimate of drug-likeness (QED) is 0.364. The van der Waals surface area contributed by atoms with Gasteiger partial charge < -0.3 is 16.0 Å². The summed E-state index contributed by atoms with van der Waals surface area (Å²) >= 11 is 0. The third-order valence-corrected chi connectivity index (χ3v) is 4.42. The molecule has 0 radical (unpaired) electrons. The second-order valence-electron chi connectivity index (χ2n) is 6.83. The van der Waals surface area contributed by atoms with Crippen molar-refractivity contribution >= 4 is 29.6 Å². The Morgan fingerprint density at radius 2 is 2.09 bits per heavy atom. The Labute approximate surface area is 180 Å². The second kappa shape index (κ2) is 10.7. The predicted molar refractivity (Wildman–Crippen MR) is 110 cm³/mol. The maximum atomic E-state index is 13.2. The normalized spacial score (nSPS) is 15.9. The van der Waals surface area contributed by atoms with Crippen molar-refractivity contribution in [1.82, 2.24) is 15.1 Å². The number of nitrogen functional groups attached to an aromatic ring is 1. The van der Waals surface area contributed by atoms with Gasteiger partial charge in [-0.2, -0.15) is 18.3 Å². The summed E-state index contributed by atoms with van der Waals surface area (Å²) in [5.41, 5.74) is 6.05. The van der Waals surface area contributed by atoms with Crippen molar-refractivity contribution in [2.24, 2.45) is 0 Å². The highest BCUT2D eigenvalue weighted by Crippen LogP contribution is 2.30. The van der Waals surface area contributed by atoms with Gasteiger partial charge in [0.25, 0.3) is 0 Å². The van der Waals surface area contributed by atoms with E-state index in [0.717, 1.165) is 38.0 Å². The van der Waals surface area contributed by atoms with Crippen LogP contribution in [0, 0.1) is 5.41 Å². The number of amides is 2. The zero-order valence-electron chi connectivity index (χ0n) is 17.0. The predicted octanol–water partition coefficient (Wildman–Crippen LogP) is 4.05. The largest absolute Gasteiger partial charge is 0.416 e. The molecule has 1 unspecified atom stereocenters. The molecule has 0 saturated carbocycles. The van der Waals surface area contributed by atoms with E-state index in [9.17, 15) is 26.8 Å². The fraction of sp³-hybridized carbons (Fsp3) is 0.368. The molecule has 2 amide bonds. The zero-order chi connectivity index (χ0) is 23.9. The fourth-order valence-electron chi connectivity index (χ4n) is 2.79. The number of pyridine rings is 2. The van der Waals surface area contributed by atoms with Gasteiger partial charge in [-0.3, -0.25) is 5.32 Å². The molecule has 0 aliphatic carbocycles. The monoisotopic (exact) mass is 459 g/mol. The average molecular weight is 459 g/mol. The van der Waals surface area contributed by atoms with Gasteiger partial charge in [-0.05, 0) is 31.0 Å². The van der Waals surface area contributed by atoms with E-state index in [1.165, 1.54) is 6.21 Å². The Morgan fingerprint density at radius 3 is 2.69 bits per heavy atom. The second-order valence-corrected chi connectivity index (χ2v) is 6.83. The van der Waals surface area contributed by atoms with Crippen LogP contribution in [-0.4, -0.2) is 53.6 Å². The first kappa shape index (κ1) is 24.8. The number of piperidine rings is 1. The summed E-state index contributed by atoms with van der Waals surface area (Å²) in [5, 5.41) is 8.75. The van der Waals surface area contributed by atoms with Crippen molar-refractivity contribution in [2.75, 3.05) is 36.1 Å². The van der Waals surface area contributed by atoms with E-state index in [0.29, 0.717) is 30.4 Å². The molecule has 32 heavy (non-hydrogen) atoms. The van der Waals surface area contributed by atoms with E-state index < -0.39 is 23.9 Å².